The number of nitrogens with one attached hydrogen (secondary N) is 1. The van der Waals surface area contributed by atoms with Crippen molar-refractivity contribution in [3.05, 3.63) is 41.5 Å². The van der Waals surface area contributed by atoms with E-state index in [1.807, 2.05) is 18.7 Å². The maximum absolute atomic E-state index is 5.08. The maximum Gasteiger partial charge on any atom is 0.240 e. The molecule has 2 aromatic rings. The standard InChI is InChI=1S/C12H13N3OS/c1-8-14-12(16-15-8)6-13-10-7-17-11-5-3-2-4-9(10)11/h2-5,10,13H,6-7H2,1H3. The molecule has 1 aromatic carbocycles. The summed E-state index contributed by atoms with van der Waals surface area (Å²) < 4.78 is 5.08. The lowest BCUT2D eigenvalue weighted by molar-refractivity contribution is 0.358. The van der Waals surface area contributed by atoms with Gasteiger partial charge in [0.15, 0.2) is 5.82 Å². The second-order valence-corrected chi connectivity index (χ2v) is 5.08. The van der Waals surface area contributed by atoms with E-state index in [9.17, 15) is 0 Å². The smallest absolute Gasteiger partial charge is 0.240 e. The quantitative estimate of drug-likeness (QED) is 0.902. The molecule has 1 aromatic heterocycles. The molecule has 2 heterocycles. The van der Waals surface area contributed by atoms with E-state index in [1.165, 1.54) is 10.5 Å². The molecule has 5 heteroatoms. The van der Waals surface area contributed by atoms with Crippen LogP contribution in [0.5, 0.6) is 0 Å². The fourth-order valence-corrected chi connectivity index (χ4v) is 3.15. The average Bonchev–Trinajstić information content (AvgIpc) is 2.93. The summed E-state index contributed by atoms with van der Waals surface area (Å²) in [7, 11) is 0. The third-order valence-corrected chi connectivity index (χ3v) is 3.95. The molecule has 1 unspecified atom stereocenters. The summed E-state index contributed by atoms with van der Waals surface area (Å²) in [4.78, 5) is 5.55. The van der Waals surface area contributed by atoms with Crippen molar-refractivity contribution in [2.24, 2.45) is 0 Å². The van der Waals surface area contributed by atoms with Gasteiger partial charge in [-0.05, 0) is 18.6 Å². The zero-order valence-corrected chi connectivity index (χ0v) is 10.3. The molecule has 3 rings (SSSR count). The van der Waals surface area contributed by atoms with Gasteiger partial charge in [0.05, 0.1) is 6.54 Å². The van der Waals surface area contributed by atoms with Crippen molar-refractivity contribution in [3.63, 3.8) is 0 Å². The predicted molar refractivity (Wildman–Crippen MR) is 65.8 cm³/mol. The second-order valence-electron chi connectivity index (χ2n) is 4.02. The zero-order valence-electron chi connectivity index (χ0n) is 9.51. The summed E-state index contributed by atoms with van der Waals surface area (Å²) in [6.45, 7) is 2.45. The van der Waals surface area contributed by atoms with Crippen LogP contribution in [0.25, 0.3) is 0 Å². The Morgan fingerprint density at radius 2 is 2.35 bits per heavy atom. The van der Waals surface area contributed by atoms with Crippen LogP contribution in [0.15, 0.2) is 33.7 Å². The van der Waals surface area contributed by atoms with Crippen LogP contribution in [0.3, 0.4) is 0 Å². The van der Waals surface area contributed by atoms with Gasteiger partial charge in [-0.25, -0.2) is 0 Å². The maximum atomic E-state index is 5.08. The lowest BCUT2D eigenvalue weighted by Crippen LogP contribution is -2.20. The Balaban J connectivity index is 1.68. The summed E-state index contributed by atoms with van der Waals surface area (Å²) in [5, 5.41) is 7.23. The van der Waals surface area contributed by atoms with Gasteiger partial charge in [-0.15, -0.1) is 11.8 Å². The first kappa shape index (κ1) is 10.8. The molecule has 1 aliphatic heterocycles. The van der Waals surface area contributed by atoms with Crippen molar-refractivity contribution in [2.75, 3.05) is 5.75 Å². The summed E-state index contributed by atoms with van der Waals surface area (Å²) in [6.07, 6.45) is 0. The summed E-state index contributed by atoms with van der Waals surface area (Å²) >= 11 is 1.89. The molecule has 4 nitrogen and oxygen atoms in total. The molecule has 88 valence electrons. The second kappa shape index (κ2) is 4.50. The lowest BCUT2D eigenvalue weighted by Gasteiger charge is -2.10. The molecule has 0 fully saturated rings. The van der Waals surface area contributed by atoms with Crippen molar-refractivity contribution < 1.29 is 4.52 Å². The highest BCUT2D eigenvalue weighted by Crippen LogP contribution is 2.37. The monoisotopic (exact) mass is 247 g/mol. The molecular weight excluding hydrogens is 234 g/mol. The number of benzene rings is 1. The van der Waals surface area contributed by atoms with Crippen LogP contribution in [0.4, 0.5) is 0 Å². The highest BCUT2D eigenvalue weighted by Gasteiger charge is 2.22. The number of aromatic nitrogens is 2. The normalized spacial score (nSPS) is 18.3. The number of hydrogen-bond donors (Lipinski definition) is 1. The summed E-state index contributed by atoms with van der Waals surface area (Å²) in [5.74, 6) is 2.40. The number of aryl methyl sites for hydroxylation is 1. The van der Waals surface area contributed by atoms with Crippen LogP contribution in [-0.2, 0) is 6.54 Å². The molecule has 0 bridgehead atoms. The van der Waals surface area contributed by atoms with Crippen LogP contribution in [-0.4, -0.2) is 15.9 Å². The van der Waals surface area contributed by atoms with Crippen LogP contribution in [0, 0.1) is 6.92 Å². The molecule has 0 aliphatic carbocycles. The number of rotatable bonds is 3. The van der Waals surface area contributed by atoms with Crippen molar-refractivity contribution in [2.45, 2.75) is 24.4 Å². The molecule has 1 N–H and O–H groups in total. The van der Waals surface area contributed by atoms with Crippen molar-refractivity contribution in [3.8, 4) is 0 Å². The van der Waals surface area contributed by atoms with E-state index in [0.717, 1.165) is 5.75 Å². The van der Waals surface area contributed by atoms with Crippen LogP contribution >= 0.6 is 11.8 Å². The van der Waals surface area contributed by atoms with Crippen molar-refractivity contribution in [1.29, 1.82) is 0 Å². The highest BCUT2D eigenvalue weighted by atomic mass is 32.2. The molecule has 0 amide bonds. The van der Waals surface area contributed by atoms with Gasteiger partial charge in [0.1, 0.15) is 0 Å². The van der Waals surface area contributed by atoms with E-state index in [2.05, 4.69) is 39.7 Å². The first-order valence-electron chi connectivity index (χ1n) is 5.57. The van der Waals surface area contributed by atoms with Crippen molar-refractivity contribution in [1.82, 2.24) is 15.5 Å². The van der Waals surface area contributed by atoms with Gasteiger partial charge in [-0.3, -0.25) is 0 Å². The van der Waals surface area contributed by atoms with Gasteiger partial charge < -0.3 is 9.84 Å². The zero-order chi connectivity index (χ0) is 11.7. The lowest BCUT2D eigenvalue weighted by atomic mass is 10.1. The van der Waals surface area contributed by atoms with E-state index < -0.39 is 0 Å². The molecular formula is C12H13N3OS. The van der Waals surface area contributed by atoms with Gasteiger partial charge in [-0.2, -0.15) is 4.98 Å². The Bertz CT molecular complexity index is 526. The molecule has 17 heavy (non-hydrogen) atoms. The Morgan fingerprint density at radius 3 is 3.18 bits per heavy atom. The van der Waals surface area contributed by atoms with Gasteiger partial charge in [0, 0.05) is 16.7 Å². The van der Waals surface area contributed by atoms with Crippen LogP contribution < -0.4 is 5.32 Å². The number of nitrogens with zero attached hydrogens (tertiary/aromatic N) is 2. The molecule has 1 aliphatic rings. The molecule has 1 atom stereocenters. The van der Waals surface area contributed by atoms with Gasteiger partial charge in [-0.1, -0.05) is 23.4 Å². The Morgan fingerprint density at radius 1 is 1.47 bits per heavy atom. The van der Waals surface area contributed by atoms with E-state index in [1.54, 1.807) is 0 Å². The number of thioether (sulfide) groups is 1. The topological polar surface area (TPSA) is 51.0 Å². The third kappa shape index (κ3) is 2.21. The Kier molecular flexibility index (Phi) is 2.86. The number of fused-ring (bicyclic) bond motifs is 1. The summed E-state index contributed by atoms with van der Waals surface area (Å²) in [6, 6.07) is 8.87. The predicted octanol–water partition coefficient (Wildman–Crippen LogP) is 2.31. The van der Waals surface area contributed by atoms with E-state index >= 15 is 0 Å². The minimum absolute atomic E-state index is 0.378. The largest absolute Gasteiger partial charge is 0.338 e. The molecule has 0 saturated carbocycles. The Hall–Kier alpha value is -1.33. The minimum Gasteiger partial charge on any atom is -0.338 e. The van der Waals surface area contributed by atoms with Gasteiger partial charge in [0.2, 0.25) is 5.89 Å². The first-order valence-corrected chi connectivity index (χ1v) is 6.56. The van der Waals surface area contributed by atoms with Gasteiger partial charge >= 0.3 is 0 Å². The Labute approximate surface area is 104 Å². The first-order chi connectivity index (χ1) is 8.33. The number of hydrogen-bond acceptors (Lipinski definition) is 5. The fraction of sp³-hybridized carbons (Fsp3) is 0.333. The average molecular weight is 247 g/mol. The highest BCUT2D eigenvalue weighted by molar-refractivity contribution is 7.99. The van der Waals surface area contributed by atoms with E-state index in [-0.39, 0.29) is 0 Å². The van der Waals surface area contributed by atoms with E-state index in [4.69, 9.17) is 4.52 Å². The summed E-state index contributed by atoms with van der Waals surface area (Å²) in [5.41, 5.74) is 1.37. The van der Waals surface area contributed by atoms with Crippen LogP contribution in [0.1, 0.15) is 23.3 Å². The minimum atomic E-state index is 0.378. The van der Waals surface area contributed by atoms with Crippen molar-refractivity contribution >= 4 is 11.8 Å². The van der Waals surface area contributed by atoms with Crippen LogP contribution in [0.2, 0.25) is 0 Å². The molecule has 0 saturated heterocycles. The third-order valence-electron chi connectivity index (χ3n) is 2.77. The van der Waals surface area contributed by atoms with Gasteiger partial charge in [0.25, 0.3) is 0 Å². The molecule has 0 radical (unpaired) electrons. The van der Waals surface area contributed by atoms with E-state index in [0.29, 0.717) is 24.3 Å². The SMILES string of the molecule is Cc1noc(CNC2CSc3ccccc32)n1. The fourth-order valence-electron chi connectivity index (χ4n) is 1.95. The molecule has 0 spiro atoms.